The zero-order valence-corrected chi connectivity index (χ0v) is 37.1. The molecule has 2 aliphatic heterocycles. The number of carbonyl (C=O) groups is 4. The predicted molar refractivity (Wildman–Crippen MR) is 235 cm³/mol. The first kappa shape index (κ1) is 43.1. The van der Waals surface area contributed by atoms with Crippen LogP contribution in [0.4, 0.5) is 9.59 Å². The van der Waals surface area contributed by atoms with Gasteiger partial charge in [-0.3, -0.25) is 9.59 Å². The summed E-state index contributed by atoms with van der Waals surface area (Å²) in [6, 6.07) is 19.6. The highest BCUT2D eigenvalue weighted by atomic mass is 28.3. The minimum absolute atomic E-state index is 0.125. The van der Waals surface area contributed by atoms with Crippen LogP contribution >= 0.6 is 0 Å². The maximum Gasteiger partial charge on any atom is 0.407 e. The van der Waals surface area contributed by atoms with E-state index in [-0.39, 0.29) is 29.8 Å². The lowest BCUT2D eigenvalue weighted by Gasteiger charge is -2.30. The summed E-state index contributed by atoms with van der Waals surface area (Å²) in [6.45, 7) is 10.7. The zero-order valence-electron chi connectivity index (χ0n) is 36.1. The summed E-state index contributed by atoms with van der Waals surface area (Å²) in [7, 11) is 2.27. The number of hydrogen-bond donors (Lipinski definition) is 4. The van der Waals surface area contributed by atoms with E-state index < -0.39 is 38.4 Å². The molecule has 0 spiro atoms. The molecule has 0 bridgehead atoms. The monoisotopic (exact) mass is 848 g/mol. The summed E-state index contributed by atoms with van der Waals surface area (Å²) in [5.74, 6) is 0.921. The van der Waals surface area contributed by atoms with Crippen LogP contribution in [-0.2, 0) is 23.8 Å². The molecule has 15 nitrogen and oxygen atoms in total. The van der Waals surface area contributed by atoms with E-state index in [1.165, 1.54) is 21.3 Å². The number of imidazole rings is 2. The van der Waals surface area contributed by atoms with Gasteiger partial charge in [0, 0.05) is 25.4 Å². The highest BCUT2D eigenvalue weighted by Gasteiger charge is 2.46. The van der Waals surface area contributed by atoms with Crippen molar-refractivity contribution in [3.05, 3.63) is 84.7 Å². The molecular weight excluding hydrogens is 793 g/mol. The molecular formula is C45H56N8O7Si. The molecule has 4 N–H and O–H groups in total. The third-order valence-corrected chi connectivity index (χ3v) is 14.7. The lowest BCUT2D eigenvalue weighted by molar-refractivity contribution is -0.137. The summed E-state index contributed by atoms with van der Waals surface area (Å²) >= 11 is 0. The first-order valence-electron chi connectivity index (χ1n) is 20.8. The van der Waals surface area contributed by atoms with Crippen molar-refractivity contribution in [2.24, 2.45) is 5.92 Å². The van der Waals surface area contributed by atoms with Gasteiger partial charge in [0.25, 0.3) is 0 Å². The van der Waals surface area contributed by atoms with Gasteiger partial charge in [0.2, 0.25) is 11.8 Å². The minimum Gasteiger partial charge on any atom is -0.453 e. The Morgan fingerprint density at radius 2 is 1.28 bits per heavy atom. The van der Waals surface area contributed by atoms with E-state index in [9.17, 15) is 19.2 Å². The zero-order chi connectivity index (χ0) is 43.6. The van der Waals surface area contributed by atoms with Crippen LogP contribution in [0.15, 0.2) is 73.1 Å². The molecule has 16 heteroatoms. The number of nitrogens with zero attached hydrogens (tertiary/aromatic N) is 4. The van der Waals surface area contributed by atoms with Crippen molar-refractivity contribution >= 4 is 42.8 Å². The van der Waals surface area contributed by atoms with Gasteiger partial charge < -0.3 is 44.6 Å². The molecule has 2 aromatic heterocycles. The van der Waals surface area contributed by atoms with E-state index in [0.717, 1.165) is 69.1 Å². The number of methoxy groups -OCH3 is 3. The van der Waals surface area contributed by atoms with E-state index in [2.05, 4.69) is 82.2 Å². The number of aromatic nitrogens is 4. The molecule has 3 aromatic carbocycles. The standard InChI is InChI=1S/C45H56N8O7Si/c1-26(2)38(50-44(56)59-5)42(54)53-25-61(7,8)24-37(53)41-47-23-35(49-41)33-20-19-30(31-12-9-10-13-32(31)33)28-15-17-29(18-16-28)34-22-46-40(48-34)36-14-11-21-52(36)43(55)39(27(3)58-4)51-45(57)60-6/h9-10,12-13,15-20,22-23,26-27,36-39H,11,14,21,24-25H2,1-8H3,(H,46,48)(H,47,49)(H,50,56)(H,51,57)/t27?,36-,37-,38-,39-/m0/s1. The van der Waals surface area contributed by atoms with Crippen molar-refractivity contribution in [2.75, 3.05) is 34.0 Å². The molecule has 4 heterocycles. The van der Waals surface area contributed by atoms with Crippen molar-refractivity contribution in [2.45, 2.75) is 83.0 Å². The Balaban J connectivity index is 1.11. The van der Waals surface area contributed by atoms with Gasteiger partial charge in [-0.1, -0.05) is 87.6 Å². The number of nitrogens with one attached hydrogen (secondary N) is 4. The highest BCUT2D eigenvalue weighted by molar-refractivity contribution is 6.78. The van der Waals surface area contributed by atoms with Gasteiger partial charge in [-0.25, -0.2) is 19.6 Å². The third-order valence-electron chi connectivity index (χ3n) is 12.0. The van der Waals surface area contributed by atoms with E-state index in [0.29, 0.717) is 18.5 Å². The SMILES string of the molecule is COC(=O)N[C@H](C(=O)N1C[Si](C)(C)C[C@H]1c1ncc(-c2ccc(-c3ccc(-c4cnc([C@@H]5CCCN5C(=O)[C@@H](NC(=O)OC)C(C)OC)[nH]4)cc3)c3ccccc23)[nH]1)C(C)C. The fourth-order valence-corrected chi connectivity index (χ4v) is 11.6. The van der Waals surface area contributed by atoms with Gasteiger partial charge >= 0.3 is 12.2 Å². The van der Waals surface area contributed by atoms with Crippen LogP contribution in [0.1, 0.15) is 57.3 Å². The number of H-pyrrole nitrogens is 2. The van der Waals surface area contributed by atoms with E-state index in [1.807, 2.05) is 37.1 Å². The topological polar surface area (TPSA) is 184 Å². The van der Waals surface area contributed by atoms with Gasteiger partial charge in [-0.2, -0.15) is 0 Å². The molecule has 2 aliphatic rings. The summed E-state index contributed by atoms with van der Waals surface area (Å²) < 4.78 is 15.0. The van der Waals surface area contributed by atoms with Crippen LogP contribution < -0.4 is 10.6 Å². The molecule has 0 aliphatic carbocycles. The van der Waals surface area contributed by atoms with E-state index in [4.69, 9.17) is 24.2 Å². The molecule has 322 valence electrons. The van der Waals surface area contributed by atoms with Crippen LogP contribution in [0, 0.1) is 5.92 Å². The van der Waals surface area contributed by atoms with Crippen molar-refractivity contribution in [1.29, 1.82) is 0 Å². The van der Waals surface area contributed by atoms with Crippen LogP contribution in [0.3, 0.4) is 0 Å². The second-order valence-corrected chi connectivity index (χ2v) is 22.2. The Bertz CT molecular complexity index is 2390. The molecule has 1 unspecified atom stereocenters. The molecule has 5 aromatic rings. The number of ether oxygens (including phenoxy) is 3. The number of carbonyl (C=O) groups excluding carboxylic acids is 4. The Labute approximate surface area is 357 Å². The Kier molecular flexibility index (Phi) is 12.7. The van der Waals surface area contributed by atoms with Gasteiger partial charge in [-0.05, 0) is 59.2 Å². The van der Waals surface area contributed by atoms with Crippen molar-refractivity contribution in [3.8, 4) is 33.6 Å². The van der Waals surface area contributed by atoms with Gasteiger partial charge in [-0.15, -0.1) is 0 Å². The molecule has 0 radical (unpaired) electrons. The number of hydrogen-bond acceptors (Lipinski definition) is 9. The summed E-state index contributed by atoms with van der Waals surface area (Å²) in [6.07, 6.45) is 3.97. The second-order valence-electron chi connectivity index (χ2n) is 17.1. The minimum atomic E-state index is -1.79. The van der Waals surface area contributed by atoms with Crippen molar-refractivity contribution < 1.29 is 33.4 Å². The number of alkyl carbamates (subject to hydrolysis) is 2. The average Bonchev–Trinajstić information content (AvgIpc) is 4.10. The average molecular weight is 849 g/mol. The number of fused-ring (bicyclic) bond motifs is 1. The first-order chi connectivity index (χ1) is 29.2. The van der Waals surface area contributed by atoms with Gasteiger partial charge in [0.15, 0.2) is 0 Å². The quantitative estimate of drug-likeness (QED) is 0.0942. The Morgan fingerprint density at radius 1 is 0.721 bits per heavy atom. The molecule has 0 saturated carbocycles. The fraction of sp³-hybridized carbons (Fsp3) is 0.422. The maximum atomic E-state index is 14.0. The summed E-state index contributed by atoms with van der Waals surface area (Å²) in [5, 5.41) is 7.53. The molecule has 2 saturated heterocycles. The lowest BCUT2D eigenvalue weighted by Crippen LogP contribution is -2.54. The van der Waals surface area contributed by atoms with Crippen LogP contribution in [-0.4, -0.2) is 114 Å². The number of likely N-dealkylation sites (tertiary alicyclic amines) is 1. The van der Waals surface area contributed by atoms with E-state index in [1.54, 1.807) is 18.0 Å². The maximum absolute atomic E-state index is 14.0. The van der Waals surface area contributed by atoms with Crippen molar-refractivity contribution in [1.82, 2.24) is 40.4 Å². The second kappa shape index (κ2) is 17.9. The lowest BCUT2D eigenvalue weighted by atomic mass is 9.93. The smallest absolute Gasteiger partial charge is 0.407 e. The summed E-state index contributed by atoms with van der Waals surface area (Å²) in [5.41, 5.74) is 5.78. The first-order valence-corrected chi connectivity index (χ1v) is 24.2. The Hall–Kier alpha value is -6.00. The molecule has 5 atom stereocenters. The van der Waals surface area contributed by atoms with Gasteiger partial charge in [0.05, 0.1) is 64.3 Å². The summed E-state index contributed by atoms with van der Waals surface area (Å²) in [4.78, 5) is 72.2. The number of benzene rings is 3. The van der Waals surface area contributed by atoms with Crippen LogP contribution in [0.5, 0.6) is 0 Å². The molecule has 7 rings (SSSR count). The normalized spacial score (nSPS) is 18.8. The van der Waals surface area contributed by atoms with Crippen molar-refractivity contribution in [3.63, 3.8) is 0 Å². The van der Waals surface area contributed by atoms with Gasteiger partial charge in [0.1, 0.15) is 23.7 Å². The molecule has 61 heavy (non-hydrogen) atoms. The predicted octanol–water partition coefficient (Wildman–Crippen LogP) is 7.22. The number of aromatic amines is 2. The van der Waals surface area contributed by atoms with Crippen LogP contribution in [0.25, 0.3) is 44.4 Å². The van der Waals surface area contributed by atoms with E-state index >= 15 is 0 Å². The molecule has 2 fully saturated rings. The Morgan fingerprint density at radius 3 is 1.92 bits per heavy atom. The molecule has 4 amide bonds. The highest BCUT2D eigenvalue weighted by Crippen LogP contribution is 2.40. The van der Waals surface area contributed by atoms with Crippen LogP contribution in [0.2, 0.25) is 19.1 Å². The number of rotatable bonds is 12. The largest absolute Gasteiger partial charge is 0.453 e. The number of amides is 4. The third kappa shape index (κ3) is 8.91. The fourth-order valence-electron chi connectivity index (χ4n) is 8.73.